The van der Waals surface area contributed by atoms with Crippen molar-refractivity contribution in [2.24, 2.45) is 0 Å². The van der Waals surface area contributed by atoms with E-state index in [0.29, 0.717) is 40.9 Å². The fourth-order valence-electron chi connectivity index (χ4n) is 4.46. The standard InChI is InChI=1S/C36H34N4O5S2/c1-4-44-27-16-14-24(15-17-27)20-31(38-34(42)25-10-7-6-8-11-25)35(43)37-26-12-9-13-29(21-26)46-23(3)33(41)40-36-39-30-19-18-28(45-5-2)22-32(30)47-36/h6-23H,4-5H2,1-3H3,(H,37,43)(H,38,42)(H,39,40,41)/b31-20+. The summed E-state index contributed by atoms with van der Waals surface area (Å²) in [6, 6.07) is 28.7. The molecule has 5 aromatic rings. The Morgan fingerprint density at radius 2 is 1.57 bits per heavy atom. The molecule has 1 atom stereocenters. The van der Waals surface area contributed by atoms with Crippen molar-refractivity contribution in [1.82, 2.24) is 10.3 Å². The molecule has 0 aliphatic heterocycles. The van der Waals surface area contributed by atoms with Crippen molar-refractivity contribution in [3.05, 3.63) is 114 Å². The Morgan fingerprint density at radius 1 is 0.851 bits per heavy atom. The Bertz CT molecular complexity index is 1890. The van der Waals surface area contributed by atoms with Gasteiger partial charge < -0.3 is 25.4 Å². The van der Waals surface area contributed by atoms with E-state index in [2.05, 4.69) is 20.9 Å². The quantitative estimate of drug-likeness (QED) is 0.0874. The molecule has 0 spiro atoms. The summed E-state index contributed by atoms with van der Waals surface area (Å²) in [6.07, 6.45) is 1.61. The molecule has 0 saturated heterocycles. The lowest BCUT2D eigenvalue weighted by Crippen LogP contribution is -2.30. The summed E-state index contributed by atoms with van der Waals surface area (Å²) in [4.78, 5) is 44.9. The van der Waals surface area contributed by atoms with Crippen molar-refractivity contribution < 1.29 is 23.9 Å². The zero-order valence-corrected chi connectivity index (χ0v) is 27.7. The van der Waals surface area contributed by atoms with Crippen LogP contribution in [-0.4, -0.2) is 41.2 Å². The third kappa shape index (κ3) is 9.21. The van der Waals surface area contributed by atoms with Crippen LogP contribution in [0.15, 0.2) is 108 Å². The number of amides is 3. The lowest BCUT2D eigenvalue weighted by Gasteiger charge is -2.14. The number of thioether (sulfide) groups is 1. The molecule has 3 amide bonds. The number of hydrogen-bond donors (Lipinski definition) is 3. The molecule has 0 saturated carbocycles. The van der Waals surface area contributed by atoms with Gasteiger partial charge in [0.2, 0.25) is 5.91 Å². The van der Waals surface area contributed by atoms with E-state index in [-0.39, 0.29) is 11.6 Å². The predicted octanol–water partition coefficient (Wildman–Crippen LogP) is 7.62. The van der Waals surface area contributed by atoms with Crippen LogP contribution in [0.2, 0.25) is 0 Å². The highest BCUT2D eigenvalue weighted by Crippen LogP contribution is 2.31. The number of aromatic nitrogens is 1. The van der Waals surface area contributed by atoms with E-state index in [4.69, 9.17) is 9.47 Å². The summed E-state index contributed by atoms with van der Waals surface area (Å²) in [6.45, 7) is 6.75. The average molecular weight is 667 g/mol. The van der Waals surface area contributed by atoms with Gasteiger partial charge >= 0.3 is 0 Å². The average Bonchev–Trinajstić information content (AvgIpc) is 3.47. The Kier molecular flexibility index (Phi) is 11.3. The highest BCUT2D eigenvalue weighted by atomic mass is 32.2. The van der Waals surface area contributed by atoms with Gasteiger partial charge in [-0.2, -0.15) is 0 Å². The minimum atomic E-state index is -0.501. The highest BCUT2D eigenvalue weighted by molar-refractivity contribution is 8.00. The SMILES string of the molecule is CCOc1ccc(/C=C(/NC(=O)c2ccccc2)C(=O)Nc2cccc(SC(C)C(=O)Nc3nc4ccc(OCC)cc4s3)c2)cc1. The molecule has 0 aliphatic carbocycles. The second kappa shape index (κ2) is 15.9. The first-order valence-corrected chi connectivity index (χ1v) is 16.7. The number of carbonyl (C=O) groups excluding carboxylic acids is 3. The van der Waals surface area contributed by atoms with E-state index in [9.17, 15) is 14.4 Å². The monoisotopic (exact) mass is 666 g/mol. The summed E-state index contributed by atoms with van der Waals surface area (Å²) < 4.78 is 12.0. The number of nitrogens with zero attached hydrogens (tertiary/aromatic N) is 1. The molecule has 0 radical (unpaired) electrons. The number of benzene rings is 4. The summed E-state index contributed by atoms with van der Waals surface area (Å²) in [5, 5.41) is 8.61. The number of hydrogen-bond acceptors (Lipinski definition) is 8. The Labute approximate surface area is 281 Å². The van der Waals surface area contributed by atoms with E-state index in [1.165, 1.54) is 23.1 Å². The minimum Gasteiger partial charge on any atom is -0.494 e. The zero-order valence-electron chi connectivity index (χ0n) is 26.1. The molecular formula is C36H34N4O5S2. The van der Waals surface area contributed by atoms with Crippen LogP contribution < -0.4 is 25.4 Å². The third-order valence-electron chi connectivity index (χ3n) is 6.71. The van der Waals surface area contributed by atoms with Gasteiger partial charge in [0.15, 0.2) is 5.13 Å². The molecule has 240 valence electrons. The maximum atomic E-state index is 13.5. The molecule has 11 heteroatoms. The fraction of sp³-hybridized carbons (Fsp3) is 0.167. The van der Waals surface area contributed by atoms with Crippen molar-refractivity contribution in [3.8, 4) is 11.5 Å². The van der Waals surface area contributed by atoms with Crippen LogP contribution in [0.5, 0.6) is 11.5 Å². The maximum Gasteiger partial charge on any atom is 0.272 e. The molecule has 0 fully saturated rings. The van der Waals surface area contributed by atoms with Gasteiger partial charge in [0, 0.05) is 16.1 Å². The normalized spacial score (nSPS) is 11.9. The smallest absolute Gasteiger partial charge is 0.272 e. The molecule has 3 N–H and O–H groups in total. The predicted molar refractivity (Wildman–Crippen MR) is 189 cm³/mol. The van der Waals surface area contributed by atoms with Gasteiger partial charge in [-0.25, -0.2) is 4.98 Å². The Balaban J connectivity index is 1.27. The number of nitrogens with one attached hydrogen (secondary N) is 3. The second-order valence-corrected chi connectivity index (χ2v) is 12.6. The van der Waals surface area contributed by atoms with Crippen molar-refractivity contribution >= 4 is 67.9 Å². The molecular weight excluding hydrogens is 633 g/mol. The van der Waals surface area contributed by atoms with E-state index in [1.807, 2.05) is 63.2 Å². The molecule has 0 aliphatic rings. The lowest BCUT2D eigenvalue weighted by atomic mass is 10.1. The van der Waals surface area contributed by atoms with Gasteiger partial charge in [0.25, 0.3) is 11.8 Å². The third-order valence-corrected chi connectivity index (χ3v) is 8.73. The second-order valence-electron chi connectivity index (χ2n) is 10.2. The van der Waals surface area contributed by atoms with Crippen LogP contribution in [0.1, 0.15) is 36.7 Å². The van der Waals surface area contributed by atoms with Gasteiger partial charge in [-0.05, 0) is 93.1 Å². The first-order chi connectivity index (χ1) is 22.8. The minimum absolute atomic E-state index is 0.0676. The molecule has 5 rings (SSSR count). The molecule has 47 heavy (non-hydrogen) atoms. The van der Waals surface area contributed by atoms with Crippen molar-refractivity contribution in [1.29, 1.82) is 0 Å². The van der Waals surface area contributed by atoms with Crippen LogP contribution in [0.4, 0.5) is 10.8 Å². The van der Waals surface area contributed by atoms with Crippen LogP contribution in [0, 0.1) is 0 Å². The Morgan fingerprint density at radius 3 is 2.32 bits per heavy atom. The molecule has 0 bridgehead atoms. The van der Waals surface area contributed by atoms with Gasteiger partial charge in [-0.3, -0.25) is 14.4 Å². The molecule has 1 aromatic heterocycles. The number of ether oxygens (including phenoxy) is 2. The Hall–Kier alpha value is -5.13. The van der Waals surface area contributed by atoms with Crippen LogP contribution in [0.3, 0.4) is 0 Å². The number of fused-ring (bicyclic) bond motifs is 1. The summed E-state index contributed by atoms with van der Waals surface area (Å²) in [5.74, 6) is 0.356. The first kappa shape index (κ1) is 33.2. The molecule has 4 aromatic carbocycles. The molecule has 1 unspecified atom stereocenters. The lowest BCUT2D eigenvalue weighted by molar-refractivity contribution is -0.115. The van der Waals surface area contributed by atoms with Crippen molar-refractivity contribution in [3.63, 3.8) is 0 Å². The number of rotatable bonds is 13. The zero-order chi connectivity index (χ0) is 33.2. The summed E-state index contributed by atoms with van der Waals surface area (Å²) in [5.41, 5.74) is 2.49. The van der Waals surface area contributed by atoms with Crippen molar-refractivity contribution in [2.45, 2.75) is 30.9 Å². The van der Waals surface area contributed by atoms with Gasteiger partial charge in [-0.1, -0.05) is 47.7 Å². The largest absolute Gasteiger partial charge is 0.494 e. The van der Waals surface area contributed by atoms with E-state index < -0.39 is 17.1 Å². The number of carbonyl (C=O) groups is 3. The highest BCUT2D eigenvalue weighted by Gasteiger charge is 2.19. The van der Waals surface area contributed by atoms with Crippen molar-refractivity contribution in [2.75, 3.05) is 23.8 Å². The fourth-order valence-corrected chi connectivity index (χ4v) is 6.28. The summed E-state index contributed by atoms with van der Waals surface area (Å²) >= 11 is 2.74. The first-order valence-electron chi connectivity index (χ1n) is 15.0. The van der Waals surface area contributed by atoms with Gasteiger partial charge in [0.1, 0.15) is 17.2 Å². The van der Waals surface area contributed by atoms with Crippen LogP contribution in [0.25, 0.3) is 16.3 Å². The summed E-state index contributed by atoms with van der Waals surface area (Å²) in [7, 11) is 0. The van der Waals surface area contributed by atoms with Crippen LogP contribution >= 0.6 is 23.1 Å². The molecule has 1 heterocycles. The van der Waals surface area contributed by atoms with E-state index >= 15 is 0 Å². The maximum absolute atomic E-state index is 13.5. The topological polar surface area (TPSA) is 119 Å². The van der Waals surface area contributed by atoms with Gasteiger partial charge in [-0.15, -0.1) is 11.8 Å². The van der Waals surface area contributed by atoms with Gasteiger partial charge in [0.05, 0.1) is 28.7 Å². The number of anilines is 2. The molecule has 9 nitrogen and oxygen atoms in total. The van der Waals surface area contributed by atoms with E-state index in [1.54, 1.807) is 60.7 Å². The number of thiazole rings is 1. The van der Waals surface area contributed by atoms with E-state index in [0.717, 1.165) is 20.9 Å². The van der Waals surface area contributed by atoms with Crippen LogP contribution in [-0.2, 0) is 9.59 Å².